The summed E-state index contributed by atoms with van der Waals surface area (Å²) in [7, 11) is 0. The minimum Gasteiger partial charge on any atom is -0.476 e. The Hall–Kier alpha value is -1.95. The zero-order valence-corrected chi connectivity index (χ0v) is 15.1. The normalized spacial score (nSPS) is 25.0. The lowest BCUT2D eigenvalue weighted by molar-refractivity contribution is -0.134. The zero-order valence-electron chi connectivity index (χ0n) is 15.1. The maximum absolute atomic E-state index is 13.2. The minimum absolute atomic E-state index is 0.0108. The summed E-state index contributed by atoms with van der Waals surface area (Å²) in [6.07, 6.45) is 12.6. The lowest BCUT2D eigenvalue weighted by atomic mass is 9.76. The lowest BCUT2D eigenvalue weighted by Gasteiger charge is -2.42. The quantitative estimate of drug-likeness (QED) is 0.668. The zero-order chi connectivity index (χ0) is 18.4. The van der Waals surface area contributed by atoms with Crippen LogP contribution in [0.3, 0.4) is 0 Å². The third-order valence-electron chi connectivity index (χ3n) is 5.55. The molecule has 2 aliphatic rings. The first kappa shape index (κ1) is 18.8. The second kappa shape index (κ2) is 8.62. The summed E-state index contributed by atoms with van der Waals surface area (Å²) < 4.78 is 13.2. The summed E-state index contributed by atoms with van der Waals surface area (Å²) in [4.78, 5) is 15.0. The number of aromatic nitrogens is 1. The van der Waals surface area contributed by atoms with Gasteiger partial charge in [0, 0.05) is 12.7 Å². The molecule has 3 N–H and O–H groups in total. The van der Waals surface area contributed by atoms with E-state index in [9.17, 15) is 9.18 Å². The topological polar surface area (TPSA) is 74.2 Å². The molecule has 1 aliphatic carbocycles. The number of carbonyl (C=O) groups is 1. The Morgan fingerprint density at radius 2 is 2.15 bits per heavy atom. The molecule has 5 nitrogen and oxygen atoms in total. The monoisotopic (exact) mass is 361 g/mol. The van der Waals surface area contributed by atoms with E-state index in [1.54, 1.807) is 12.1 Å². The largest absolute Gasteiger partial charge is 0.476 e. The molecule has 0 radical (unpaired) electrons. The van der Waals surface area contributed by atoms with Crippen LogP contribution in [0.2, 0.25) is 0 Å². The molecule has 1 saturated heterocycles. The van der Waals surface area contributed by atoms with E-state index in [2.05, 4.69) is 15.6 Å². The molecule has 26 heavy (non-hydrogen) atoms. The highest BCUT2D eigenvalue weighted by molar-refractivity contribution is 5.89. The molecule has 0 bridgehead atoms. The number of nitrogens with zero attached hydrogens (tertiary/aromatic N) is 1. The maximum atomic E-state index is 13.2. The van der Waals surface area contributed by atoms with Crippen LogP contribution in [0.1, 0.15) is 56.9 Å². The molecule has 0 aromatic carbocycles. The molecular weight excluding hydrogens is 333 g/mol. The van der Waals surface area contributed by atoms with Crippen molar-refractivity contribution in [1.29, 1.82) is 0 Å². The van der Waals surface area contributed by atoms with Crippen LogP contribution in [0.4, 0.5) is 10.2 Å². The number of rotatable bonds is 6. The Balaban J connectivity index is 1.70. The molecule has 1 aromatic rings. The highest BCUT2D eigenvalue weighted by atomic mass is 19.1. The van der Waals surface area contributed by atoms with Crippen molar-refractivity contribution >= 4 is 17.9 Å². The van der Waals surface area contributed by atoms with Gasteiger partial charge in [-0.2, -0.15) is 4.39 Å². The molecule has 6 heteroatoms. The Morgan fingerprint density at radius 1 is 1.35 bits per heavy atom. The first-order valence-corrected chi connectivity index (χ1v) is 9.62. The molecule has 2 heterocycles. The number of aliphatic carboxylic acids is 1. The standard InChI is InChI=1S/C20H28FN3O2/c21-17(19(25)26)11-16-7-8-18(23-13-16)24-20(9-4-10-22-14-20)12-15-5-2-1-3-6-15/h7-8,11,13,15,22H,1-6,9-10,12,14H2,(H,23,24)(H,25,26)/b17-11-/t20-/m1/s1. The van der Waals surface area contributed by atoms with E-state index in [0.29, 0.717) is 5.56 Å². The van der Waals surface area contributed by atoms with E-state index in [0.717, 1.165) is 50.2 Å². The average molecular weight is 361 g/mol. The number of nitrogens with one attached hydrogen (secondary N) is 2. The molecule has 1 aromatic heterocycles. The number of carboxylic acids is 1. The van der Waals surface area contributed by atoms with Crippen molar-refractivity contribution in [2.45, 2.75) is 56.9 Å². The molecule has 3 rings (SSSR count). The highest BCUT2D eigenvalue weighted by Crippen LogP contribution is 2.35. The third kappa shape index (κ3) is 5.04. The van der Waals surface area contributed by atoms with Crippen LogP contribution in [0.25, 0.3) is 6.08 Å². The van der Waals surface area contributed by atoms with E-state index in [4.69, 9.17) is 5.11 Å². The smallest absolute Gasteiger partial charge is 0.364 e. The average Bonchev–Trinajstić information content (AvgIpc) is 2.65. The van der Waals surface area contributed by atoms with Crippen molar-refractivity contribution in [2.75, 3.05) is 18.4 Å². The fourth-order valence-electron chi connectivity index (χ4n) is 4.29. The van der Waals surface area contributed by atoms with Gasteiger partial charge in [0.1, 0.15) is 5.82 Å². The lowest BCUT2D eigenvalue weighted by Crippen LogP contribution is -2.52. The second-order valence-corrected chi connectivity index (χ2v) is 7.67. The van der Waals surface area contributed by atoms with Gasteiger partial charge in [-0.15, -0.1) is 0 Å². The van der Waals surface area contributed by atoms with Crippen LogP contribution in [0.15, 0.2) is 24.2 Å². The molecule has 0 spiro atoms. The molecule has 0 unspecified atom stereocenters. The van der Waals surface area contributed by atoms with Gasteiger partial charge in [0.25, 0.3) is 0 Å². The van der Waals surface area contributed by atoms with Gasteiger partial charge in [0.15, 0.2) is 0 Å². The molecule has 1 saturated carbocycles. The Morgan fingerprint density at radius 3 is 2.77 bits per heavy atom. The Bertz CT molecular complexity index is 633. The predicted molar refractivity (Wildman–Crippen MR) is 101 cm³/mol. The van der Waals surface area contributed by atoms with Crippen molar-refractivity contribution in [3.8, 4) is 0 Å². The number of carboxylic acid groups (broad SMARTS) is 1. The van der Waals surface area contributed by atoms with Crippen LogP contribution in [-0.2, 0) is 4.79 Å². The first-order valence-electron chi connectivity index (χ1n) is 9.62. The number of halogens is 1. The van der Waals surface area contributed by atoms with Crippen LogP contribution in [0.5, 0.6) is 0 Å². The number of anilines is 1. The minimum atomic E-state index is -1.56. The molecule has 2 fully saturated rings. The molecule has 1 atom stereocenters. The summed E-state index contributed by atoms with van der Waals surface area (Å²) in [6.45, 7) is 1.99. The van der Waals surface area contributed by atoms with Gasteiger partial charge in [-0.1, -0.05) is 32.1 Å². The molecule has 0 amide bonds. The number of hydrogen-bond donors (Lipinski definition) is 3. The SMILES string of the molecule is O=C(O)/C(F)=C/c1ccc(N[C@@]2(CC3CCCCC3)CCCNC2)nc1. The second-order valence-electron chi connectivity index (χ2n) is 7.67. The number of hydrogen-bond acceptors (Lipinski definition) is 4. The predicted octanol–water partition coefficient (Wildman–Crippen LogP) is 3.98. The van der Waals surface area contributed by atoms with Crippen molar-refractivity contribution in [2.24, 2.45) is 5.92 Å². The summed E-state index contributed by atoms with van der Waals surface area (Å²) in [5, 5.41) is 15.8. The fraction of sp³-hybridized carbons (Fsp3) is 0.600. The van der Waals surface area contributed by atoms with Gasteiger partial charge in [-0.3, -0.25) is 0 Å². The summed E-state index contributed by atoms with van der Waals surface area (Å²) in [5.41, 5.74) is 0.454. The van der Waals surface area contributed by atoms with Crippen molar-refractivity contribution in [3.63, 3.8) is 0 Å². The molecule has 1 aliphatic heterocycles. The summed E-state index contributed by atoms with van der Waals surface area (Å²) in [6, 6.07) is 3.50. The van der Waals surface area contributed by atoms with Crippen molar-refractivity contribution < 1.29 is 14.3 Å². The molecular formula is C20H28FN3O2. The van der Waals surface area contributed by atoms with Gasteiger partial charge in [0.05, 0.1) is 5.54 Å². The summed E-state index contributed by atoms with van der Waals surface area (Å²) >= 11 is 0. The van der Waals surface area contributed by atoms with Gasteiger partial charge in [-0.05, 0) is 55.5 Å². The number of piperidine rings is 1. The van der Waals surface area contributed by atoms with E-state index < -0.39 is 11.8 Å². The van der Waals surface area contributed by atoms with Crippen LogP contribution >= 0.6 is 0 Å². The van der Waals surface area contributed by atoms with Crippen molar-refractivity contribution in [1.82, 2.24) is 10.3 Å². The van der Waals surface area contributed by atoms with E-state index in [-0.39, 0.29) is 5.54 Å². The van der Waals surface area contributed by atoms with Gasteiger partial charge in [0.2, 0.25) is 5.83 Å². The highest BCUT2D eigenvalue weighted by Gasteiger charge is 2.35. The van der Waals surface area contributed by atoms with E-state index in [1.807, 2.05) is 0 Å². The van der Waals surface area contributed by atoms with Gasteiger partial charge >= 0.3 is 5.97 Å². The van der Waals surface area contributed by atoms with Crippen molar-refractivity contribution in [3.05, 3.63) is 29.7 Å². The molecule has 142 valence electrons. The summed E-state index contributed by atoms with van der Waals surface area (Å²) in [5.74, 6) is -1.22. The van der Waals surface area contributed by atoms with E-state index in [1.165, 1.54) is 38.3 Å². The van der Waals surface area contributed by atoms with Crippen LogP contribution in [0, 0.1) is 5.92 Å². The van der Waals surface area contributed by atoms with Crippen LogP contribution in [-0.4, -0.2) is 34.7 Å². The number of pyridine rings is 1. The Labute approximate surface area is 154 Å². The third-order valence-corrected chi connectivity index (χ3v) is 5.55. The van der Waals surface area contributed by atoms with Gasteiger partial charge < -0.3 is 15.7 Å². The fourth-order valence-corrected chi connectivity index (χ4v) is 4.29. The Kier molecular flexibility index (Phi) is 6.25. The maximum Gasteiger partial charge on any atom is 0.364 e. The van der Waals surface area contributed by atoms with Crippen LogP contribution < -0.4 is 10.6 Å². The van der Waals surface area contributed by atoms with Gasteiger partial charge in [-0.25, -0.2) is 9.78 Å². The first-order chi connectivity index (χ1) is 12.6. The van der Waals surface area contributed by atoms with E-state index >= 15 is 0 Å².